The highest BCUT2D eigenvalue weighted by atomic mass is 79.9. The second kappa shape index (κ2) is 3.06. The van der Waals surface area contributed by atoms with Gasteiger partial charge in [-0.05, 0) is 17.7 Å². The van der Waals surface area contributed by atoms with E-state index in [9.17, 15) is 0 Å². The number of aromatic nitrogens is 1. The molecule has 78 valence electrons. The van der Waals surface area contributed by atoms with Gasteiger partial charge in [-0.3, -0.25) is 0 Å². The number of benzene rings is 1. The van der Waals surface area contributed by atoms with Crippen molar-refractivity contribution in [2.24, 2.45) is 0 Å². The minimum atomic E-state index is -0.0259. The van der Waals surface area contributed by atoms with Gasteiger partial charge in [0.05, 0.1) is 17.5 Å². The van der Waals surface area contributed by atoms with Gasteiger partial charge in [-0.1, -0.05) is 22.0 Å². The first kappa shape index (κ1) is 9.36. The molecule has 15 heavy (non-hydrogen) atoms. The lowest BCUT2D eigenvalue weighted by atomic mass is 9.97. The van der Waals surface area contributed by atoms with Crippen molar-refractivity contribution < 1.29 is 9.15 Å². The van der Waals surface area contributed by atoms with Crippen molar-refractivity contribution in [3.63, 3.8) is 0 Å². The molecule has 1 aliphatic rings. The van der Waals surface area contributed by atoms with Crippen LogP contribution in [0.5, 0.6) is 0 Å². The van der Waals surface area contributed by atoms with Crippen molar-refractivity contribution in [1.29, 1.82) is 0 Å². The molecule has 1 aromatic heterocycles. The predicted octanol–water partition coefficient (Wildman–Crippen LogP) is 2.76. The molecule has 2 aromatic rings. The minimum absolute atomic E-state index is 0.0259. The van der Waals surface area contributed by atoms with E-state index in [1.807, 2.05) is 19.1 Å². The fourth-order valence-electron chi connectivity index (χ4n) is 1.77. The third-order valence-corrected chi connectivity index (χ3v) is 3.59. The maximum Gasteiger partial charge on any atom is 0.192 e. The van der Waals surface area contributed by atoms with Crippen LogP contribution in [-0.4, -0.2) is 18.2 Å². The van der Waals surface area contributed by atoms with E-state index in [0.29, 0.717) is 19.1 Å². The molecule has 1 saturated heterocycles. The zero-order valence-corrected chi connectivity index (χ0v) is 9.87. The summed E-state index contributed by atoms with van der Waals surface area (Å²) in [6, 6.07) is 6.09. The third-order valence-electron chi connectivity index (χ3n) is 2.67. The first-order valence-corrected chi connectivity index (χ1v) is 5.61. The van der Waals surface area contributed by atoms with E-state index in [1.165, 1.54) is 5.56 Å². The lowest BCUT2D eigenvalue weighted by Gasteiger charge is -2.36. The molecular formula is C11H10BrNO2. The summed E-state index contributed by atoms with van der Waals surface area (Å²) >= 11 is 3.68. The Hall–Kier alpha value is -0.870. The summed E-state index contributed by atoms with van der Waals surface area (Å²) in [5, 5.41) is 0. The first-order valence-electron chi connectivity index (χ1n) is 4.82. The van der Waals surface area contributed by atoms with E-state index < -0.39 is 0 Å². The van der Waals surface area contributed by atoms with Gasteiger partial charge in [0.1, 0.15) is 5.52 Å². The van der Waals surface area contributed by atoms with Gasteiger partial charge in [-0.15, -0.1) is 0 Å². The van der Waals surface area contributed by atoms with Crippen LogP contribution in [0.3, 0.4) is 0 Å². The van der Waals surface area contributed by atoms with Gasteiger partial charge in [0.25, 0.3) is 0 Å². The molecule has 0 amide bonds. The van der Waals surface area contributed by atoms with Crippen LogP contribution in [0.4, 0.5) is 0 Å². The van der Waals surface area contributed by atoms with Crippen molar-refractivity contribution in [2.45, 2.75) is 11.2 Å². The number of fused-ring (bicyclic) bond motifs is 1. The fraction of sp³-hybridized carbons (Fsp3) is 0.364. The van der Waals surface area contributed by atoms with Crippen LogP contribution < -0.4 is 0 Å². The predicted molar refractivity (Wildman–Crippen MR) is 60.2 cm³/mol. The lowest BCUT2D eigenvalue weighted by Crippen LogP contribution is -2.40. The molecule has 0 saturated carbocycles. The number of nitrogens with zero attached hydrogens (tertiary/aromatic N) is 1. The molecule has 0 aliphatic carbocycles. The average molecular weight is 268 g/mol. The Morgan fingerprint density at radius 3 is 2.87 bits per heavy atom. The summed E-state index contributed by atoms with van der Waals surface area (Å²) in [5.41, 5.74) is 2.95. The standard InChI is InChI=1S/C11H10BrNO2/c1-7-13-9-3-2-8(4-10(9)15-7)11(12)5-14-6-11/h2-4H,5-6H2,1H3. The van der Waals surface area contributed by atoms with Gasteiger partial charge >= 0.3 is 0 Å². The maximum atomic E-state index is 5.50. The van der Waals surface area contributed by atoms with Crippen LogP contribution in [0.1, 0.15) is 11.5 Å². The number of ether oxygens (including phenoxy) is 1. The molecule has 0 spiro atoms. The first-order chi connectivity index (χ1) is 7.17. The van der Waals surface area contributed by atoms with Gasteiger partial charge in [0.15, 0.2) is 11.5 Å². The van der Waals surface area contributed by atoms with E-state index in [-0.39, 0.29) is 4.32 Å². The molecule has 1 aromatic carbocycles. The fourth-order valence-corrected chi connectivity index (χ4v) is 2.34. The molecule has 3 nitrogen and oxygen atoms in total. The van der Waals surface area contributed by atoms with Gasteiger partial charge in [-0.2, -0.15) is 0 Å². The topological polar surface area (TPSA) is 35.3 Å². The van der Waals surface area contributed by atoms with E-state index in [2.05, 4.69) is 27.0 Å². The second-order valence-corrected chi connectivity index (χ2v) is 5.39. The van der Waals surface area contributed by atoms with Gasteiger partial charge < -0.3 is 9.15 Å². The van der Waals surface area contributed by atoms with E-state index in [0.717, 1.165) is 11.1 Å². The van der Waals surface area contributed by atoms with Crippen LogP contribution in [0, 0.1) is 6.92 Å². The van der Waals surface area contributed by atoms with E-state index >= 15 is 0 Å². The van der Waals surface area contributed by atoms with Crippen LogP contribution >= 0.6 is 15.9 Å². The number of rotatable bonds is 1. The van der Waals surface area contributed by atoms with Gasteiger partial charge in [0, 0.05) is 6.92 Å². The van der Waals surface area contributed by atoms with Crippen LogP contribution in [0.2, 0.25) is 0 Å². The summed E-state index contributed by atoms with van der Waals surface area (Å²) in [6.45, 7) is 3.29. The summed E-state index contributed by atoms with van der Waals surface area (Å²) in [6.07, 6.45) is 0. The van der Waals surface area contributed by atoms with Crippen molar-refractivity contribution >= 4 is 27.0 Å². The summed E-state index contributed by atoms with van der Waals surface area (Å²) in [4.78, 5) is 4.27. The average Bonchev–Trinajstić information content (AvgIpc) is 2.53. The molecule has 0 unspecified atom stereocenters. The number of alkyl halides is 1. The zero-order chi connectivity index (χ0) is 10.5. The highest BCUT2D eigenvalue weighted by Crippen LogP contribution is 2.39. The largest absolute Gasteiger partial charge is 0.441 e. The minimum Gasteiger partial charge on any atom is -0.441 e. The molecule has 0 atom stereocenters. The second-order valence-electron chi connectivity index (χ2n) is 3.87. The third kappa shape index (κ3) is 1.40. The Labute approximate surface area is 95.6 Å². The monoisotopic (exact) mass is 267 g/mol. The van der Waals surface area contributed by atoms with E-state index in [4.69, 9.17) is 9.15 Å². The molecule has 1 aliphatic heterocycles. The summed E-state index contributed by atoms with van der Waals surface area (Å²) in [5.74, 6) is 0.704. The number of halogens is 1. The molecular weight excluding hydrogens is 258 g/mol. The maximum absolute atomic E-state index is 5.50. The van der Waals surface area contributed by atoms with Crippen molar-refractivity contribution in [3.05, 3.63) is 29.7 Å². The molecule has 0 N–H and O–H groups in total. The number of hydrogen-bond donors (Lipinski definition) is 0. The lowest BCUT2D eigenvalue weighted by molar-refractivity contribution is -0.00695. The summed E-state index contributed by atoms with van der Waals surface area (Å²) < 4.78 is 10.7. The molecule has 1 fully saturated rings. The van der Waals surface area contributed by atoms with Crippen LogP contribution in [0.25, 0.3) is 11.1 Å². The molecule has 2 heterocycles. The van der Waals surface area contributed by atoms with Crippen LogP contribution in [-0.2, 0) is 9.06 Å². The molecule has 0 bridgehead atoms. The highest BCUT2D eigenvalue weighted by Gasteiger charge is 2.37. The Morgan fingerprint density at radius 1 is 1.40 bits per heavy atom. The van der Waals surface area contributed by atoms with Crippen molar-refractivity contribution in [3.8, 4) is 0 Å². The summed E-state index contributed by atoms with van der Waals surface area (Å²) in [7, 11) is 0. The number of hydrogen-bond acceptors (Lipinski definition) is 3. The van der Waals surface area contributed by atoms with Gasteiger partial charge in [0.2, 0.25) is 0 Å². The van der Waals surface area contributed by atoms with Crippen molar-refractivity contribution in [2.75, 3.05) is 13.2 Å². The quantitative estimate of drug-likeness (QED) is 0.746. The Kier molecular flexibility index (Phi) is 1.91. The van der Waals surface area contributed by atoms with Crippen LogP contribution in [0.15, 0.2) is 22.6 Å². The zero-order valence-electron chi connectivity index (χ0n) is 8.29. The smallest absolute Gasteiger partial charge is 0.192 e. The van der Waals surface area contributed by atoms with Gasteiger partial charge in [-0.25, -0.2) is 4.98 Å². The Bertz CT molecular complexity index is 516. The van der Waals surface area contributed by atoms with Crippen molar-refractivity contribution in [1.82, 2.24) is 4.98 Å². The molecule has 0 radical (unpaired) electrons. The molecule has 3 rings (SSSR count). The normalized spacial score (nSPS) is 19.1. The molecule has 4 heteroatoms. The van der Waals surface area contributed by atoms with E-state index in [1.54, 1.807) is 0 Å². The Balaban J connectivity index is 2.13. The number of aryl methyl sites for hydroxylation is 1. The highest BCUT2D eigenvalue weighted by molar-refractivity contribution is 9.09. The SMILES string of the molecule is Cc1nc2ccc(C3(Br)COC3)cc2o1. The number of oxazole rings is 1. The Morgan fingerprint density at radius 2 is 2.20 bits per heavy atom.